The Labute approximate surface area is 129 Å². The lowest BCUT2D eigenvalue weighted by Crippen LogP contribution is -2.29. The van der Waals surface area contributed by atoms with Gasteiger partial charge in [0.2, 0.25) is 0 Å². The van der Waals surface area contributed by atoms with E-state index in [-0.39, 0.29) is 24.9 Å². The third-order valence-electron chi connectivity index (χ3n) is 2.98. The van der Waals surface area contributed by atoms with Gasteiger partial charge in [0.1, 0.15) is 24.3 Å². The van der Waals surface area contributed by atoms with E-state index in [1.165, 1.54) is 30.5 Å². The van der Waals surface area contributed by atoms with Gasteiger partial charge in [-0.1, -0.05) is 0 Å². The molecule has 7 nitrogen and oxygen atoms in total. The Bertz CT molecular complexity index is 807. The average molecular weight is 320 g/mol. The summed E-state index contributed by atoms with van der Waals surface area (Å²) < 4.78 is 29.1. The standard InChI is InChI=1S/C15H13FN2O5/c16-10-3-5-12(6-4-10)22-9-11(19)8-18-15(20)23-14(17-18)13-2-1-7-21-13/h1-7,11,19H,8-9H2/t11-/m0/s1. The van der Waals surface area contributed by atoms with E-state index in [9.17, 15) is 14.3 Å². The molecule has 2 heterocycles. The van der Waals surface area contributed by atoms with Gasteiger partial charge in [-0.25, -0.2) is 9.18 Å². The number of halogens is 1. The largest absolute Gasteiger partial charge is 0.491 e. The van der Waals surface area contributed by atoms with Crippen LogP contribution in [0.3, 0.4) is 0 Å². The number of ether oxygens (including phenoxy) is 1. The predicted molar refractivity (Wildman–Crippen MR) is 76.4 cm³/mol. The number of aliphatic hydroxyl groups excluding tert-OH is 1. The molecule has 0 bridgehead atoms. The molecule has 0 saturated carbocycles. The lowest BCUT2D eigenvalue weighted by atomic mass is 10.3. The van der Waals surface area contributed by atoms with E-state index < -0.39 is 11.9 Å². The van der Waals surface area contributed by atoms with Gasteiger partial charge < -0.3 is 18.7 Å². The minimum absolute atomic E-state index is 0.0339. The summed E-state index contributed by atoms with van der Waals surface area (Å²) in [7, 11) is 0. The van der Waals surface area contributed by atoms with Gasteiger partial charge in [0.05, 0.1) is 12.8 Å². The van der Waals surface area contributed by atoms with Crippen LogP contribution in [0.2, 0.25) is 0 Å². The first kappa shape index (κ1) is 15.0. The highest BCUT2D eigenvalue weighted by molar-refractivity contribution is 5.42. The van der Waals surface area contributed by atoms with Crippen LogP contribution in [-0.4, -0.2) is 27.6 Å². The maximum Gasteiger partial charge on any atom is 0.437 e. The van der Waals surface area contributed by atoms with Gasteiger partial charge in [-0.3, -0.25) is 0 Å². The van der Waals surface area contributed by atoms with Gasteiger partial charge in [0.15, 0.2) is 5.76 Å². The topological polar surface area (TPSA) is 90.6 Å². The molecule has 3 aromatic rings. The zero-order chi connectivity index (χ0) is 16.2. The summed E-state index contributed by atoms with van der Waals surface area (Å²) in [6.45, 7) is -0.189. The molecule has 8 heteroatoms. The van der Waals surface area contributed by atoms with Crippen molar-refractivity contribution in [3.05, 3.63) is 59.0 Å². The second-order valence-electron chi connectivity index (χ2n) is 4.75. The number of aromatic nitrogens is 2. The quantitative estimate of drug-likeness (QED) is 0.743. The van der Waals surface area contributed by atoms with Crippen LogP contribution in [0.1, 0.15) is 0 Å². The fourth-order valence-corrected chi connectivity index (χ4v) is 1.90. The number of hydrogen-bond donors (Lipinski definition) is 1. The lowest BCUT2D eigenvalue weighted by Gasteiger charge is -2.11. The highest BCUT2D eigenvalue weighted by Crippen LogP contribution is 2.15. The van der Waals surface area contributed by atoms with Crippen molar-refractivity contribution in [3.63, 3.8) is 0 Å². The number of benzene rings is 1. The van der Waals surface area contributed by atoms with Crippen LogP contribution in [0.5, 0.6) is 5.75 Å². The van der Waals surface area contributed by atoms with Crippen molar-refractivity contribution < 1.29 is 23.1 Å². The molecule has 0 spiro atoms. The van der Waals surface area contributed by atoms with E-state index in [2.05, 4.69) is 5.10 Å². The molecule has 0 saturated heterocycles. The lowest BCUT2D eigenvalue weighted by molar-refractivity contribution is 0.0875. The number of hydrogen-bond acceptors (Lipinski definition) is 6. The van der Waals surface area contributed by atoms with E-state index in [0.29, 0.717) is 11.5 Å². The molecule has 1 aromatic carbocycles. The number of furan rings is 1. The van der Waals surface area contributed by atoms with Gasteiger partial charge in [0, 0.05) is 0 Å². The molecule has 0 fully saturated rings. The molecule has 0 aliphatic rings. The highest BCUT2D eigenvalue weighted by atomic mass is 19.1. The zero-order valence-corrected chi connectivity index (χ0v) is 11.9. The summed E-state index contributed by atoms with van der Waals surface area (Å²) in [5, 5.41) is 13.9. The van der Waals surface area contributed by atoms with Crippen LogP contribution in [0.25, 0.3) is 11.7 Å². The van der Waals surface area contributed by atoms with Gasteiger partial charge in [-0.15, -0.1) is 5.10 Å². The zero-order valence-electron chi connectivity index (χ0n) is 11.9. The van der Waals surface area contributed by atoms with Crippen LogP contribution in [0, 0.1) is 5.82 Å². The average Bonchev–Trinajstić information content (AvgIpc) is 3.17. The van der Waals surface area contributed by atoms with Crippen molar-refractivity contribution >= 4 is 0 Å². The third-order valence-corrected chi connectivity index (χ3v) is 2.98. The fraction of sp³-hybridized carbons (Fsp3) is 0.200. The van der Waals surface area contributed by atoms with Gasteiger partial charge >= 0.3 is 5.76 Å². The molecule has 0 unspecified atom stereocenters. The predicted octanol–water partition coefficient (Wildman–Crippen LogP) is 1.68. The van der Waals surface area contributed by atoms with E-state index in [1.54, 1.807) is 12.1 Å². The molecule has 23 heavy (non-hydrogen) atoms. The SMILES string of the molecule is O=c1oc(-c2ccco2)nn1C[C@H](O)COc1ccc(F)cc1. The summed E-state index contributed by atoms with van der Waals surface area (Å²) in [6.07, 6.45) is 0.437. The Balaban J connectivity index is 1.60. The summed E-state index contributed by atoms with van der Waals surface area (Å²) in [4.78, 5) is 11.7. The minimum atomic E-state index is -0.993. The van der Waals surface area contributed by atoms with Crippen molar-refractivity contribution in [1.82, 2.24) is 9.78 Å². The third kappa shape index (κ3) is 3.67. The van der Waals surface area contributed by atoms with Gasteiger partial charge in [-0.05, 0) is 36.4 Å². The normalized spacial score (nSPS) is 12.3. The molecule has 0 radical (unpaired) electrons. The molecule has 1 N–H and O–H groups in total. The van der Waals surface area contributed by atoms with E-state index >= 15 is 0 Å². The smallest absolute Gasteiger partial charge is 0.437 e. The van der Waals surface area contributed by atoms with E-state index in [1.807, 2.05) is 0 Å². The maximum absolute atomic E-state index is 12.8. The van der Waals surface area contributed by atoms with E-state index in [0.717, 1.165) is 4.68 Å². The first-order chi connectivity index (χ1) is 11.1. The first-order valence-corrected chi connectivity index (χ1v) is 6.80. The molecule has 1 atom stereocenters. The van der Waals surface area contributed by atoms with Crippen molar-refractivity contribution in [2.24, 2.45) is 0 Å². The molecule has 0 aliphatic heterocycles. The minimum Gasteiger partial charge on any atom is -0.491 e. The molecule has 2 aromatic heterocycles. The van der Waals surface area contributed by atoms with Crippen molar-refractivity contribution in [2.45, 2.75) is 12.6 Å². The maximum atomic E-state index is 12.8. The summed E-state index contributed by atoms with van der Waals surface area (Å²) in [5.74, 6) is -0.325. The Kier molecular flexibility index (Phi) is 4.24. The Hall–Kier alpha value is -2.87. The Morgan fingerprint density at radius 3 is 2.78 bits per heavy atom. The summed E-state index contributed by atoms with van der Waals surface area (Å²) in [5.41, 5.74) is 0. The highest BCUT2D eigenvalue weighted by Gasteiger charge is 2.15. The second-order valence-corrected chi connectivity index (χ2v) is 4.75. The van der Waals surface area contributed by atoms with E-state index in [4.69, 9.17) is 13.6 Å². The molecule has 120 valence electrons. The van der Waals surface area contributed by atoms with Crippen LogP contribution in [-0.2, 0) is 6.54 Å². The van der Waals surface area contributed by atoms with Crippen LogP contribution >= 0.6 is 0 Å². The van der Waals surface area contributed by atoms with Gasteiger partial charge in [-0.2, -0.15) is 4.68 Å². The summed E-state index contributed by atoms with van der Waals surface area (Å²) >= 11 is 0. The number of aliphatic hydroxyl groups is 1. The molecule has 0 aliphatic carbocycles. The monoisotopic (exact) mass is 320 g/mol. The summed E-state index contributed by atoms with van der Waals surface area (Å²) in [6, 6.07) is 8.63. The van der Waals surface area contributed by atoms with Crippen LogP contribution in [0.15, 0.2) is 56.3 Å². The number of rotatable bonds is 6. The second kappa shape index (κ2) is 6.49. The number of nitrogens with zero attached hydrogens (tertiary/aromatic N) is 2. The molecule has 0 amide bonds. The van der Waals surface area contributed by atoms with Gasteiger partial charge in [0.25, 0.3) is 5.89 Å². The molecule has 3 rings (SSSR count). The molecular formula is C15H13FN2O5. The fourth-order valence-electron chi connectivity index (χ4n) is 1.90. The Morgan fingerprint density at radius 1 is 1.30 bits per heavy atom. The van der Waals surface area contributed by atoms with Crippen molar-refractivity contribution in [3.8, 4) is 17.4 Å². The van der Waals surface area contributed by atoms with Crippen LogP contribution < -0.4 is 10.5 Å². The van der Waals surface area contributed by atoms with Crippen molar-refractivity contribution in [2.75, 3.05) is 6.61 Å². The first-order valence-electron chi connectivity index (χ1n) is 6.80. The van der Waals surface area contributed by atoms with Crippen molar-refractivity contribution in [1.29, 1.82) is 0 Å². The molecular weight excluding hydrogens is 307 g/mol. The Morgan fingerprint density at radius 2 is 2.09 bits per heavy atom. The van der Waals surface area contributed by atoms with Crippen LogP contribution in [0.4, 0.5) is 4.39 Å².